The van der Waals surface area contributed by atoms with E-state index < -0.39 is 0 Å². The van der Waals surface area contributed by atoms with E-state index in [1.165, 1.54) is 10.9 Å². The minimum atomic E-state index is 0.884. The number of para-hydroxylation sites is 1. The first kappa shape index (κ1) is 14.8. The van der Waals surface area contributed by atoms with Crippen molar-refractivity contribution in [3.8, 4) is 0 Å². The van der Waals surface area contributed by atoms with Crippen LogP contribution in [0.2, 0.25) is 0 Å². The van der Waals surface area contributed by atoms with Crippen LogP contribution >= 0.6 is 0 Å². The van der Waals surface area contributed by atoms with E-state index in [4.69, 9.17) is 4.98 Å². The molecule has 1 aromatic carbocycles. The molecule has 0 aliphatic rings. The van der Waals surface area contributed by atoms with Crippen LogP contribution in [0.1, 0.15) is 32.3 Å². The molecular weight excluding hydrogens is 246 g/mol. The molecule has 2 rings (SSSR count). The fourth-order valence-corrected chi connectivity index (χ4v) is 2.45. The number of nitrogens with one attached hydrogen (secondary N) is 1. The molecule has 0 radical (unpaired) electrons. The second kappa shape index (κ2) is 7.25. The number of rotatable bonds is 7. The Balaban J connectivity index is 2.36. The summed E-state index contributed by atoms with van der Waals surface area (Å²) >= 11 is 0. The molecule has 0 saturated heterocycles. The highest BCUT2D eigenvalue weighted by Gasteiger charge is 2.10. The highest BCUT2D eigenvalue weighted by molar-refractivity contribution is 5.81. The van der Waals surface area contributed by atoms with E-state index in [0.29, 0.717) is 0 Å². The highest BCUT2D eigenvalue weighted by Crippen LogP contribution is 2.23. The standard InChI is InChI=1S/C17H25N3/c1-4-10-18-13-15-12-14-8-6-7-9-16(14)19-17(15)20(3)11-5-2/h6-9,12,18H,4-5,10-11,13H2,1-3H3. The molecule has 0 aliphatic heterocycles. The Hall–Kier alpha value is -1.61. The van der Waals surface area contributed by atoms with Crippen molar-refractivity contribution >= 4 is 16.7 Å². The largest absolute Gasteiger partial charge is 0.359 e. The summed E-state index contributed by atoms with van der Waals surface area (Å²) in [5.41, 5.74) is 2.36. The Morgan fingerprint density at radius 2 is 1.95 bits per heavy atom. The first-order valence-electron chi connectivity index (χ1n) is 7.56. The summed E-state index contributed by atoms with van der Waals surface area (Å²) in [6.07, 6.45) is 2.29. The Kier molecular flexibility index (Phi) is 5.36. The normalized spacial score (nSPS) is 10.9. The second-order valence-electron chi connectivity index (χ2n) is 5.26. The summed E-state index contributed by atoms with van der Waals surface area (Å²) in [4.78, 5) is 7.12. The van der Waals surface area contributed by atoms with Crippen LogP contribution in [0.4, 0.5) is 5.82 Å². The summed E-state index contributed by atoms with van der Waals surface area (Å²) in [6, 6.07) is 10.6. The maximum absolute atomic E-state index is 4.86. The van der Waals surface area contributed by atoms with Crippen molar-refractivity contribution in [2.24, 2.45) is 0 Å². The smallest absolute Gasteiger partial charge is 0.133 e. The van der Waals surface area contributed by atoms with Gasteiger partial charge in [-0.2, -0.15) is 0 Å². The van der Waals surface area contributed by atoms with Gasteiger partial charge in [0.25, 0.3) is 0 Å². The van der Waals surface area contributed by atoms with Gasteiger partial charge in [0.15, 0.2) is 0 Å². The fourth-order valence-electron chi connectivity index (χ4n) is 2.45. The van der Waals surface area contributed by atoms with E-state index in [9.17, 15) is 0 Å². The van der Waals surface area contributed by atoms with Crippen molar-refractivity contribution in [3.05, 3.63) is 35.9 Å². The predicted molar refractivity (Wildman–Crippen MR) is 87.3 cm³/mol. The lowest BCUT2D eigenvalue weighted by Gasteiger charge is -2.21. The quantitative estimate of drug-likeness (QED) is 0.780. The van der Waals surface area contributed by atoms with Crippen molar-refractivity contribution in [1.82, 2.24) is 10.3 Å². The second-order valence-corrected chi connectivity index (χ2v) is 5.26. The molecule has 3 nitrogen and oxygen atoms in total. The van der Waals surface area contributed by atoms with Crippen LogP contribution < -0.4 is 10.2 Å². The predicted octanol–water partition coefficient (Wildman–Crippen LogP) is 3.58. The number of pyridine rings is 1. The van der Waals surface area contributed by atoms with Gasteiger partial charge in [0, 0.05) is 31.1 Å². The summed E-state index contributed by atoms with van der Waals surface area (Å²) in [6.45, 7) is 7.35. The van der Waals surface area contributed by atoms with Gasteiger partial charge in [-0.25, -0.2) is 4.98 Å². The van der Waals surface area contributed by atoms with E-state index in [-0.39, 0.29) is 0 Å². The van der Waals surface area contributed by atoms with Gasteiger partial charge in [0.2, 0.25) is 0 Å². The molecule has 0 fully saturated rings. The zero-order chi connectivity index (χ0) is 14.4. The molecule has 1 heterocycles. The molecule has 0 saturated carbocycles. The third-order valence-corrected chi connectivity index (χ3v) is 3.44. The number of hydrogen-bond acceptors (Lipinski definition) is 3. The van der Waals surface area contributed by atoms with Gasteiger partial charge in [0.1, 0.15) is 5.82 Å². The molecule has 0 unspecified atom stereocenters. The fraction of sp³-hybridized carbons (Fsp3) is 0.471. The van der Waals surface area contributed by atoms with Gasteiger partial charge in [-0.3, -0.25) is 0 Å². The Labute approximate surface area is 122 Å². The number of fused-ring (bicyclic) bond motifs is 1. The minimum Gasteiger partial charge on any atom is -0.359 e. The molecular formula is C17H25N3. The molecule has 1 aromatic heterocycles. The van der Waals surface area contributed by atoms with Gasteiger partial charge in [-0.1, -0.05) is 32.0 Å². The highest BCUT2D eigenvalue weighted by atomic mass is 15.2. The summed E-state index contributed by atoms with van der Waals surface area (Å²) in [5, 5.41) is 4.70. The van der Waals surface area contributed by atoms with Crippen molar-refractivity contribution in [2.45, 2.75) is 33.2 Å². The molecule has 0 amide bonds. The van der Waals surface area contributed by atoms with Gasteiger partial charge in [-0.15, -0.1) is 0 Å². The monoisotopic (exact) mass is 271 g/mol. The number of nitrogens with zero attached hydrogens (tertiary/aromatic N) is 2. The number of hydrogen-bond donors (Lipinski definition) is 1. The van der Waals surface area contributed by atoms with Gasteiger partial charge in [-0.05, 0) is 31.5 Å². The first-order chi connectivity index (χ1) is 9.76. The van der Waals surface area contributed by atoms with Crippen LogP contribution in [0.3, 0.4) is 0 Å². The minimum absolute atomic E-state index is 0.884. The van der Waals surface area contributed by atoms with Crippen LogP contribution in [0.25, 0.3) is 10.9 Å². The lowest BCUT2D eigenvalue weighted by molar-refractivity contribution is 0.672. The number of benzene rings is 1. The molecule has 2 aromatic rings. The maximum Gasteiger partial charge on any atom is 0.133 e. The number of aromatic nitrogens is 1. The van der Waals surface area contributed by atoms with E-state index in [2.05, 4.69) is 55.4 Å². The Bertz CT molecular complexity index is 551. The average molecular weight is 271 g/mol. The van der Waals surface area contributed by atoms with Crippen LogP contribution in [0.5, 0.6) is 0 Å². The number of anilines is 1. The van der Waals surface area contributed by atoms with E-state index in [1.54, 1.807) is 0 Å². The lowest BCUT2D eigenvalue weighted by atomic mass is 10.1. The molecule has 3 heteroatoms. The molecule has 1 N–H and O–H groups in total. The molecule has 0 aliphatic carbocycles. The van der Waals surface area contributed by atoms with E-state index >= 15 is 0 Å². The average Bonchev–Trinajstić information content (AvgIpc) is 2.47. The summed E-state index contributed by atoms with van der Waals surface area (Å²) in [5.74, 6) is 1.11. The molecule has 108 valence electrons. The van der Waals surface area contributed by atoms with Gasteiger partial charge < -0.3 is 10.2 Å². The van der Waals surface area contributed by atoms with Crippen LogP contribution in [-0.4, -0.2) is 25.1 Å². The Morgan fingerprint density at radius 3 is 2.70 bits per heavy atom. The zero-order valence-corrected chi connectivity index (χ0v) is 12.8. The van der Waals surface area contributed by atoms with Crippen molar-refractivity contribution in [2.75, 3.05) is 25.0 Å². The summed E-state index contributed by atoms with van der Waals surface area (Å²) < 4.78 is 0. The molecule has 20 heavy (non-hydrogen) atoms. The topological polar surface area (TPSA) is 28.2 Å². The Morgan fingerprint density at radius 1 is 1.15 bits per heavy atom. The van der Waals surface area contributed by atoms with Gasteiger partial charge in [0.05, 0.1) is 5.52 Å². The maximum atomic E-state index is 4.86. The van der Waals surface area contributed by atoms with E-state index in [1.807, 2.05) is 6.07 Å². The summed E-state index contributed by atoms with van der Waals surface area (Å²) in [7, 11) is 2.13. The first-order valence-corrected chi connectivity index (χ1v) is 7.56. The molecule has 0 spiro atoms. The molecule has 0 atom stereocenters. The van der Waals surface area contributed by atoms with Crippen LogP contribution in [-0.2, 0) is 6.54 Å². The lowest BCUT2D eigenvalue weighted by Crippen LogP contribution is -2.23. The third-order valence-electron chi connectivity index (χ3n) is 3.44. The van der Waals surface area contributed by atoms with Crippen molar-refractivity contribution in [3.63, 3.8) is 0 Å². The van der Waals surface area contributed by atoms with Crippen molar-refractivity contribution < 1.29 is 0 Å². The SMILES string of the molecule is CCCNCc1cc2ccccc2nc1N(C)CCC. The molecule has 0 bridgehead atoms. The van der Waals surface area contributed by atoms with Gasteiger partial charge >= 0.3 is 0 Å². The van der Waals surface area contributed by atoms with Crippen LogP contribution in [0.15, 0.2) is 30.3 Å². The zero-order valence-electron chi connectivity index (χ0n) is 12.8. The third kappa shape index (κ3) is 3.48. The van der Waals surface area contributed by atoms with E-state index in [0.717, 1.165) is 43.8 Å². The van der Waals surface area contributed by atoms with Crippen LogP contribution in [0, 0.1) is 0 Å². The van der Waals surface area contributed by atoms with Crippen molar-refractivity contribution in [1.29, 1.82) is 0 Å².